The number of nitrogens with zero attached hydrogens (tertiary/aromatic N) is 4. The molecule has 2 heterocycles. The normalized spacial score (nSPS) is 16.2. The predicted octanol–water partition coefficient (Wildman–Crippen LogP) is 4.97. The van der Waals surface area contributed by atoms with Crippen LogP contribution in [0.15, 0.2) is 48.8 Å². The second-order valence-electron chi connectivity index (χ2n) is 7.61. The Labute approximate surface area is 178 Å². The van der Waals surface area contributed by atoms with Gasteiger partial charge in [-0.05, 0) is 42.3 Å². The number of rotatable bonds is 4. The smallest absolute Gasteiger partial charge is 0.316 e. The first-order valence-electron chi connectivity index (χ1n) is 9.38. The van der Waals surface area contributed by atoms with Crippen molar-refractivity contribution in [3.8, 4) is 0 Å². The summed E-state index contributed by atoms with van der Waals surface area (Å²) in [4.78, 5) is 13.8. The maximum Gasteiger partial charge on any atom is 0.416 e. The van der Waals surface area contributed by atoms with E-state index in [0.717, 1.165) is 40.1 Å². The van der Waals surface area contributed by atoms with Gasteiger partial charge in [0.2, 0.25) is 11.5 Å². The zero-order chi connectivity index (χ0) is 23.5. The van der Waals surface area contributed by atoms with Crippen molar-refractivity contribution in [3.05, 3.63) is 76.9 Å². The van der Waals surface area contributed by atoms with Gasteiger partial charge < -0.3 is 9.47 Å². The summed E-state index contributed by atoms with van der Waals surface area (Å²) >= 11 is 0. The van der Waals surface area contributed by atoms with Crippen molar-refractivity contribution in [1.82, 2.24) is 14.8 Å². The molecule has 0 saturated heterocycles. The Morgan fingerprint density at radius 3 is 2.31 bits per heavy atom. The lowest BCUT2D eigenvalue weighted by Gasteiger charge is -2.30. The Bertz CT molecular complexity index is 1200. The van der Waals surface area contributed by atoms with E-state index >= 15 is 4.39 Å². The van der Waals surface area contributed by atoms with E-state index in [9.17, 15) is 26.7 Å². The number of hydrogen-bond acceptors (Lipinski definition) is 3. The minimum atomic E-state index is -4.67. The molecule has 1 amide bonds. The first-order chi connectivity index (χ1) is 14.9. The van der Waals surface area contributed by atoms with E-state index in [1.807, 2.05) is 0 Å². The monoisotopic (exact) mass is 454 g/mol. The van der Waals surface area contributed by atoms with Gasteiger partial charge in [-0.25, -0.2) is 4.39 Å². The number of carbonyl (C=O) groups is 1. The van der Waals surface area contributed by atoms with E-state index < -0.39 is 47.2 Å². The van der Waals surface area contributed by atoms with Crippen LogP contribution in [0, 0.1) is 0 Å². The molecule has 3 aromatic rings. The lowest BCUT2D eigenvalue weighted by atomic mass is 9.90. The molecule has 1 atom stereocenters. The summed E-state index contributed by atoms with van der Waals surface area (Å²) in [6.07, 6.45) is -3.66. The third-order valence-electron chi connectivity index (χ3n) is 5.56. The summed E-state index contributed by atoms with van der Waals surface area (Å²) < 4.78 is 86.4. The third-order valence-corrected chi connectivity index (χ3v) is 5.56. The van der Waals surface area contributed by atoms with Gasteiger partial charge in [-0.1, -0.05) is 18.2 Å². The lowest BCUT2D eigenvalue weighted by Crippen LogP contribution is -2.39. The molecule has 0 bridgehead atoms. The highest BCUT2D eigenvalue weighted by Gasteiger charge is 2.57. The number of aryl methyl sites for hydroxylation is 1. The molecule has 0 saturated carbocycles. The fraction of sp³-hybridized carbons (Fsp3) is 0.286. The second kappa shape index (κ2) is 7.07. The van der Waals surface area contributed by atoms with E-state index in [2.05, 4.69) is 10.2 Å². The SMILES string of the molecule is Cn1cnnc1C(F)(F)[C@](C)(F)c1cccc(N2Cc3c(cccc3C(F)(F)F)C2=O)c1. The maximum atomic E-state index is 15.5. The molecule has 0 N–H and O–H groups in total. The van der Waals surface area contributed by atoms with Crippen molar-refractivity contribution in [2.24, 2.45) is 7.05 Å². The van der Waals surface area contributed by atoms with Gasteiger partial charge in [-0.3, -0.25) is 4.79 Å². The van der Waals surface area contributed by atoms with Crippen LogP contribution in [-0.2, 0) is 31.4 Å². The van der Waals surface area contributed by atoms with Crippen LogP contribution in [-0.4, -0.2) is 20.7 Å². The molecule has 2 aromatic carbocycles. The number of anilines is 1. The number of fused-ring (bicyclic) bond motifs is 1. The van der Waals surface area contributed by atoms with Crippen molar-refractivity contribution < 1.29 is 31.1 Å². The van der Waals surface area contributed by atoms with Gasteiger partial charge in [0, 0.05) is 18.3 Å². The third kappa shape index (κ3) is 3.23. The van der Waals surface area contributed by atoms with Crippen LogP contribution >= 0.6 is 0 Å². The molecular weight excluding hydrogens is 438 g/mol. The Morgan fingerprint density at radius 1 is 1.00 bits per heavy atom. The molecule has 0 unspecified atom stereocenters. The van der Waals surface area contributed by atoms with E-state index in [1.54, 1.807) is 0 Å². The molecule has 0 aliphatic carbocycles. The molecule has 0 spiro atoms. The zero-order valence-electron chi connectivity index (χ0n) is 16.8. The van der Waals surface area contributed by atoms with Crippen LogP contribution in [0.1, 0.15) is 39.8 Å². The summed E-state index contributed by atoms with van der Waals surface area (Å²) in [5.41, 5.74) is -5.04. The number of amides is 1. The summed E-state index contributed by atoms with van der Waals surface area (Å²) in [7, 11) is 1.24. The van der Waals surface area contributed by atoms with Gasteiger partial charge in [0.1, 0.15) is 6.33 Å². The Balaban J connectivity index is 1.73. The molecule has 1 aliphatic heterocycles. The van der Waals surface area contributed by atoms with Crippen LogP contribution in [0.3, 0.4) is 0 Å². The van der Waals surface area contributed by atoms with Gasteiger partial charge in [-0.2, -0.15) is 22.0 Å². The van der Waals surface area contributed by atoms with E-state index in [0.29, 0.717) is 6.92 Å². The van der Waals surface area contributed by atoms with Gasteiger partial charge in [0.05, 0.1) is 12.1 Å². The molecule has 168 valence electrons. The number of halogens is 6. The summed E-state index contributed by atoms with van der Waals surface area (Å²) in [6, 6.07) is 8.00. The Hall–Kier alpha value is -3.37. The molecule has 32 heavy (non-hydrogen) atoms. The average Bonchev–Trinajstić information content (AvgIpc) is 3.31. The zero-order valence-corrected chi connectivity index (χ0v) is 16.8. The highest BCUT2D eigenvalue weighted by molar-refractivity contribution is 6.10. The van der Waals surface area contributed by atoms with E-state index in [1.165, 1.54) is 25.2 Å². The molecule has 1 aliphatic rings. The standard InChI is InChI=1S/C21H16F6N4O/c1-19(22,20(23,24)18-29-28-11-30(18)2)12-5-3-6-13(9-12)31-10-15-14(17(31)32)7-4-8-16(15)21(25,26)27/h3-9,11H,10H2,1-2H3/t19-/m1/s1. The van der Waals surface area contributed by atoms with E-state index in [-0.39, 0.29) is 16.8 Å². The lowest BCUT2D eigenvalue weighted by molar-refractivity contribution is -0.149. The maximum absolute atomic E-state index is 15.5. The summed E-state index contributed by atoms with van der Waals surface area (Å²) in [6.45, 7) is 0.249. The molecule has 0 radical (unpaired) electrons. The molecule has 4 rings (SSSR count). The van der Waals surface area contributed by atoms with Crippen LogP contribution < -0.4 is 4.90 Å². The minimum absolute atomic E-state index is 0.00513. The fourth-order valence-electron chi connectivity index (χ4n) is 3.73. The van der Waals surface area contributed by atoms with Gasteiger partial charge >= 0.3 is 12.1 Å². The van der Waals surface area contributed by atoms with Crippen molar-refractivity contribution in [2.45, 2.75) is 31.2 Å². The first kappa shape index (κ1) is 21.8. The summed E-state index contributed by atoms with van der Waals surface area (Å²) in [5, 5.41) is 6.66. The Kier molecular flexibility index (Phi) is 4.83. The van der Waals surface area contributed by atoms with Crippen molar-refractivity contribution in [3.63, 3.8) is 0 Å². The van der Waals surface area contributed by atoms with Crippen molar-refractivity contribution in [2.75, 3.05) is 4.90 Å². The number of alkyl halides is 6. The van der Waals surface area contributed by atoms with Crippen LogP contribution in [0.5, 0.6) is 0 Å². The van der Waals surface area contributed by atoms with Crippen molar-refractivity contribution >= 4 is 11.6 Å². The molecular formula is C21H16F6N4O. The second-order valence-corrected chi connectivity index (χ2v) is 7.61. The largest absolute Gasteiger partial charge is 0.416 e. The number of aromatic nitrogens is 3. The topological polar surface area (TPSA) is 51.0 Å². The quantitative estimate of drug-likeness (QED) is 0.523. The fourth-order valence-corrected chi connectivity index (χ4v) is 3.73. The molecule has 5 nitrogen and oxygen atoms in total. The van der Waals surface area contributed by atoms with Gasteiger partial charge in [-0.15, -0.1) is 10.2 Å². The molecule has 1 aromatic heterocycles. The van der Waals surface area contributed by atoms with Crippen LogP contribution in [0.25, 0.3) is 0 Å². The minimum Gasteiger partial charge on any atom is -0.316 e. The first-order valence-corrected chi connectivity index (χ1v) is 9.38. The Morgan fingerprint density at radius 2 is 1.69 bits per heavy atom. The van der Waals surface area contributed by atoms with Crippen molar-refractivity contribution in [1.29, 1.82) is 0 Å². The van der Waals surface area contributed by atoms with Gasteiger partial charge in [0.15, 0.2) is 0 Å². The van der Waals surface area contributed by atoms with Gasteiger partial charge in [0.25, 0.3) is 5.91 Å². The summed E-state index contributed by atoms with van der Waals surface area (Å²) in [5.74, 6) is -5.71. The number of carbonyl (C=O) groups excluding carboxylic acids is 1. The van der Waals surface area contributed by atoms with Crippen LogP contribution in [0.4, 0.5) is 32.0 Å². The predicted molar refractivity (Wildman–Crippen MR) is 102 cm³/mol. The van der Waals surface area contributed by atoms with E-state index in [4.69, 9.17) is 0 Å². The highest BCUT2D eigenvalue weighted by Crippen LogP contribution is 2.48. The number of hydrogen-bond donors (Lipinski definition) is 0. The van der Waals surface area contributed by atoms with Crippen LogP contribution in [0.2, 0.25) is 0 Å². The highest BCUT2D eigenvalue weighted by atomic mass is 19.4. The molecule has 0 fully saturated rings. The number of benzene rings is 2. The average molecular weight is 454 g/mol. The molecule has 11 heteroatoms.